The van der Waals surface area contributed by atoms with Crippen molar-refractivity contribution in [2.75, 3.05) is 26.2 Å². The largest absolute Gasteiger partial charge is 0.303 e. The van der Waals surface area contributed by atoms with Crippen LogP contribution in [0.15, 0.2) is 0 Å². The Kier molecular flexibility index (Phi) is 6.50. The lowest BCUT2D eigenvalue weighted by Crippen LogP contribution is -2.44. The van der Waals surface area contributed by atoms with Crippen molar-refractivity contribution in [2.24, 2.45) is 5.92 Å². The molecule has 1 saturated heterocycles. The average molecular weight is 240 g/mol. The Bertz CT molecular complexity index is 185. The quantitative estimate of drug-likeness (QED) is 0.703. The van der Waals surface area contributed by atoms with E-state index in [2.05, 4.69) is 44.4 Å². The summed E-state index contributed by atoms with van der Waals surface area (Å²) in [6.07, 6.45) is 4.10. The third kappa shape index (κ3) is 4.97. The minimum Gasteiger partial charge on any atom is -0.303 e. The van der Waals surface area contributed by atoms with E-state index in [9.17, 15) is 0 Å². The lowest BCUT2D eigenvalue weighted by Gasteiger charge is -2.38. The highest BCUT2D eigenvalue weighted by molar-refractivity contribution is 4.77. The first-order valence-corrected chi connectivity index (χ1v) is 7.52. The van der Waals surface area contributed by atoms with Crippen LogP contribution in [-0.4, -0.2) is 48.1 Å². The summed E-state index contributed by atoms with van der Waals surface area (Å²) < 4.78 is 0. The van der Waals surface area contributed by atoms with Gasteiger partial charge in [0.2, 0.25) is 0 Å². The van der Waals surface area contributed by atoms with Gasteiger partial charge in [-0.2, -0.15) is 0 Å². The standard InChI is InChI=1S/C15H32N2/c1-6-9-16-10-7-15(8-11-16)12-17(13(2)3)14(4)5/h13-15H,6-12H2,1-5H3. The third-order valence-corrected chi connectivity index (χ3v) is 4.04. The van der Waals surface area contributed by atoms with E-state index in [1.807, 2.05) is 0 Å². The number of rotatable bonds is 6. The van der Waals surface area contributed by atoms with Crippen molar-refractivity contribution in [2.45, 2.75) is 66.0 Å². The summed E-state index contributed by atoms with van der Waals surface area (Å²) in [6.45, 7) is 16.8. The van der Waals surface area contributed by atoms with E-state index >= 15 is 0 Å². The normalized spacial score (nSPS) is 19.8. The maximum Gasteiger partial charge on any atom is 0.00414 e. The van der Waals surface area contributed by atoms with Crippen molar-refractivity contribution in [1.82, 2.24) is 9.80 Å². The van der Waals surface area contributed by atoms with Gasteiger partial charge < -0.3 is 4.90 Å². The van der Waals surface area contributed by atoms with Crippen molar-refractivity contribution < 1.29 is 0 Å². The second-order valence-corrected chi connectivity index (χ2v) is 6.17. The molecule has 0 aromatic rings. The second-order valence-electron chi connectivity index (χ2n) is 6.17. The van der Waals surface area contributed by atoms with Gasteiger partial charge in [0.25, 0.3) is 0 Å². The van der Waals surface area contributed by atoms with Gasteiger partial charge in [0.05, 0.1) is 0 Å². The number of likely N-dealkylation sites (tertiary alicyclic amines) is 1. The Hall–Kier alpha value is -0.0800. The predicted octanol–water partition coefficient (Wildman–Crippen LogP) is 3.23. The molecule has 1 fully saturated rings. The first kappa shape index (κ1) is 15.0. The molecule has 1 aliphatic rings. The first-order valence-electron chi connectivity index (χ1n) is 7.52. The Balaban J connectivity index is 2.33. The van der Waals surface area contributed by atoms with Crippen LogP contribution in [0, 0.1) is 5.92 Å². The number of nitrogens with zero attached hydrogens (tertiary/aromatic N) is 2. The molecule has 17 heavy (non-hydrogen) atoms. The van der Waals surface area contributed by atoms with Crippen LogP contribution in [0.1, 0.15) is 53.9 Å². The molecule has 0 amide bonds. The van der Waals surface area contributed by atoms with Crippen molar-refractivity contribution in [3.63, 3.8) is 0 Å². The van der Waals surface area contributed by atoms with Gasteiger partial charge in [-0.05, 0) is 72.5 Å². The zero-order valence-electron chi connectivity index (χ0n) is 12.6. The number of hydrogen-bond donors (Lipinski definition) is 0. The zero-order valence-corrected chi connectivity index (χ0v) is 12.6. The molecule has 0 atom stereocenters. The number of piperidine rings is 1. The summed E-state index contributed by atoms with van der Waals surface area (Å²) >= 11 is 0. The van der Waals surface area contributed by atoms with Crippen LogP contribution in [0.3, 0.4) is 0 Å². The molecule has 0 saturated carbocycles. The van der Waals surface area contributed by atoms with Crippen LogP contribution in [0.25, 0.3) is 0 Å². The molecule has 0 N–H and O–H groups in total. The first-order chi connectivity index (χ1) is 8.04. The second kappa shape index (κ2) is 7.38. The van der Waals surface area contributed by atoms with Gasteiger partial charge in [-0.25, -0.2) is 0 Å². The predicted molar refractivity (Wildman–Crippen MR) is 76.4 cm³/mol. The van der Waals surface area contributed by atoms with Gasteiger partial charge in [0, 0.05) is 18.6 Å². The Morgan fingerprint density at radius 1 is 1.06 bits per heavy atom. The van der Waals surface area contributed by atoms with E-state index in [1.54, 1.807) is 0 Å². The molecule has 2 nitrogen and oxygen atoms in total. The molecule has 0 aromatic carbocycles. The molecular weight excluding hydrogens is 208 g/mol. The molecule has 0 aromatic heterocycles. The molecule has 0 radical (unpaired) electrons. The van der Waals surface area contributed by atoms with Gasteiger partial charge in [-0.1, -0.05) is 6.92 Å². The topological polar surface area (TPSA) is 6.48 Å². The summed E-state index contributed by atoms with van der Waals surface area (Å²) in [5.74, 6) is 0.924. The smallest absolute Gasteiger partial charge is 0.00414 e. The number of hydrogen-bond acceptors (Lipinski definition) is 2. The van der Waals surface area contributed by atoms with E-state index in [1.165, 1.54) is 45.4 Å². The molecule has 0 spiro atoms. The molecule has 1 rings (SSSR count). The molecule has 1 aliphatic heterocycles. The lowest BCUT2D eigenvalue weighted by molar-refractivity contribution is 0.105. The maximum atomic E-state index is 2.65. The van der Waals surface area contributed by atoms with E-state index < -0.39 is 0 Å². The van der Waals surface area contributed by atoms with E-state index in [0.29, 0.717) is 12.1 Å². The zero-order chi connectivity index (χ0) is 12.8. The summed E-state index contributed by atoms with van der Waals surface area (Å²) in [6, 6.07) is 1.37. The van der Waals surface area contributed by atoms with Crippen LogP contribution in [-0.2, 0) is 0 Å². The van der Waals surface area contributed by atoms with Gasteiger partial charge in [0.1, 0.15) is 0 Å². The van der Waals surface area contributed by atoms with Crippen LogP contribution < -0.4 is 0 Å². The summed E-state index contributed by atoms with van der Waals surface area (Å²) in [5.41, 5.74) is 0. The average Bonchev–Trinajstić information content (AvgIpc) is 2.27. The fourth-order valence-corrected chi connectivity index (χ4v) is 3.02. The highest BCUT2D eigenvalue weighted by Gasteiger charge is 2.23. The van der Waals surface area contributed by atoms with Crippen molar-refractivity contribution in [3.05, 3.63) is 0 Å². The van der Waals surface area contributed by atoms with E-state index in [-0.39, 0.29) is 0 Å². The van der Waals surface area contributed by atoms with Gasteiger partial charge in [-0.15, -0.1) is 0 Å². The van der Waals surface area contributed by atoms with Gasteiger partial charge in [0.15, 0.2) is 0 Å². The van der Waals surface area contributed by atoms with Crippen LogP contribution >= 0.6 is 0 Å². The highest BCUT2D eigenvalue weighted by atomic mass is 15.2. The Labute approximate surface area is 108 Å². The van der Waals surface area contributed by atoms with Crippen LogP contribution in [0.4, 0.5) is 0 Å². The molecule has 0 bridgehead atoms. The maximum absolute atomic E-state index is 2.65. The molecule has 1 heterocycles. The summed E-state index contributed by atoms with van der Waals surface area (Å²) in [7, 11) is 0. The molecule has 0 aliphatic carbocycles. The summed E-state index contributed by atoms with van der Waals surface area (Å²) in [5, 5.41) is 0. The van der Waals surface area contributed by atoms with Crippen molar-refractivity contribution >= 4 is 0 Å². The van der Waals surface area contributed by atoms with E-state index in [0.717, 1.165) is 5.92 Å². The Morgan fingerprint density at radius 3 is 2.00 bits per heavy atom. The minimum atomic E-state index is 0.684. The Morgan fingerprint density at radius 2 is 1.59 bits per heavy atom. The van der Waals surface area contributed by atoms with Crippen molar-refractivity contribution in [3.8, 4) is 0 Å². The third-order valence-electron chi connectivity index (χ3n) is 4.04. The fourth-order valence-electron chi connectivity index (χ4n) is 3.02. The molecule has 2 heteroatoms. The molecule has 0 unspecified atom stereocenters. The fraction of sp³-hybridized carbons (Fsp3) is 1.00. The van der Waals surface area contributed by atoms with Gasteiger partial charge in [-0.3, -0.25) is 4.90 Å². The minimum absolute atomic E-state index is 0.684. The van der Waals surface area contributed by atoms with Crippen molar-refractivity contribution in [1.29, 1.82) is 0 Å². The lowest BCUT2D eigenvalue weighted by atomic mass is 9.95. The van der Waals surface area contributed by atoms with Crippen LogP contribution in [0.2, 0.25) is 0 Å². The molecule has 102 valence electrons. The summed E-state index contributed by atoms with van der Waals surface area (Å²) in [4.78, 5) is 5.28. The molecular formula is C15H32N2. The van der Waals surface area contributed by atoms with Gasteiger partial charge >= 0.3 is 0 Å². The SMILES string of the molecule is CCCN1CCC(CN(C(C)C)C(C)C)CC1. The monoisotopic (exact) mass is 240 g/mol. The van der Waals surface area contributed by atoms with E-state index in [4.69, 9.17) is 0 Å². The van der Waals surface area contributed by atoms with Crippen LogP contribution in [0.5, 0.6) is 0 Å². The highest BCUT2D eigenvalue weighted by Crippen LogP contribution is 2.20.